The van der Waals surface area contributed by atoms with Gasteiger partial charge in [0.2, 0.25) is 0 Å². The Morgan fingerprint density at radius 2 is 1.67 bits per heavy atom. The SMILES string of the molecule is COc1cc(C(=O)Nc2cccc(C(=O)Nc3ccccn3)c2)ccc1C. The fraction of sp³-hybridized carbons (Fsp3) is 0.0952. The maximum absolute atomic E-state index is 12.5. The van der Waals surface area contributed by atoms with E-state index in [9.17, 15) is 9.59 Å². The molecule has 0 aliphatic heterocycles. The van der Waals surface area contributed by atoms with Gasteiger partial charge < -0.3 is 15.4 Å². The van der Waals surface area contributed by atoms with Crippen LogP contribution in [-0.4, -0.2) is 23.9 Å². The highest BCUT2D eigenvalue weighted by Crippen LogP contribution is 2.20. The second-order valence-electron chi connectivity index (χ2n) is 5.89. The van der Waals surface area contributed by atoms with E-state index in [-0.39, 0.29) is 11.8 Å². The summed E-state index contributed by atoms with van der Waals surface area (Å²) in [6.07, 6.45) is 1.60. The number of pyridine rings is 1. The highest BCUT2D eigenvalue weighted by molar-refractivity contribution is 6.07. The number of aryl methyl sites for hydroxylation is 1. The van der Waals surface area contributed by atoms with Crippen LogP contribution in [0, 0.1) is 6.92 Å². The molecule has 0 radical (unpaired) electrons. The standard InChI is InChI=1S/C21H19N3O3/c1-14-9-10-16(13-18(14)27-2)20(25)23-17-7-5-6-15(12-17)21(26)24-19-8-3-4-11-22-19/h3-13H,1-2H3,(H,23,25)(H,22,24,26). The second-order valence-corrected chi connectivity index (χ2v) is 5.89. The molecule has 0 atom stereocenters. The van der Waals surface area contributed by atoms with Crippen molar-refractivity contribution in [3.05, 3.63) is 83.6 Å². The van der Waals surface area contributed by atoms with Crippen LogP contribution in [0.4, 0.5) is 11.5 Å². The predicted octanol–water partition coefficient (Wildman–Crippen LogP) is 3.90. The number of amides is 2. The van der Waals surface area contributed by atoms with E-state index >= 15 is 0 Å². The van der Waals surface area contributed by atoms with E-state index < -0.39 is 0 Å². The van der Waals surface area contributed by atoms with Crippen LogP contribution in [0.15, 0.2) is 66.9 Å². The molecular formula is C21H19N3O3. The maximum Gasteiger partial charge on any atom is 0.256 e. The molecule has 136 valence electrons. The first-order valence-electron chi connectivity index (χ1n) is 8.35. The number of carbonyl (C=O) groups is 2. The first-order valence-corrected chi connectivity index (χ1v) is 8.35. The normalized spacial score (nSPS) is 10.1. The lowest BCUT2D eigenvalue weighted by Gasteiger charge is -2.10. The smallest absolute Gasteiger partial charge is 0.256 e. The molecule has 27 heavy (non-hydrogen) atoms. The van der Waals surface area contributed by atoms with Gasteiger partial charge in [-0.1, -0.05) is 18.2 Å². The van der Waals surface area contributed by atoms with Gasteiger partial charge in [0, 0.05) is 23.0 Å². The van der Waals surface area contributed by atoms with Gasteiger partial charge in [-0.2, -0.15) is 0 Å². The van der Waals surface area contributed by atoms with Crippen molar-refractivity contribution in [1.29, 1.82) is 0 Å². The van der Waals surface area contributed by atoms with Crippen LogP contribution in [0.25, 0.3) is 0 Å². The number of hydrogen-bond acceptors (Lipinski definition) is 4. The molecule has 1 aromatic heterocycles. The summed E-state index contributed by atoms with van der Waals surface area (Å²) in [5, 5.41) is 5.51. The third-order valence-corrected chi connectivity index (χ3v) is 3.96. The molecule has 0 bridgehead atoms. The Labute approximate surface area is 157 Å². The molecule has 6 heteroatoms. The van der Waals surface area contributed by atoms with Crippen molar-refractivity contribution in [3.63, 3.8) is 0 Å². The average molecular weight is 361 g/mol. The minimum absolute atomic E-state index is 0.282. The highest BCUT2D eigenvalue weighted by Gasteiger charge is 2.11. The van der Waals surface area contributed by atoms with Gasteiger partial charge in [-0.3, -0.25) is 9.59 Å². The molecule has 2 N–H and O–H groups in total. The molecule has 0 unspecified atom stereocenters. The monoisotopic (exact) mass is 361 g/mol. The van der Waals surface area contributed by atoms with E-state index in [1.807, 2.05) is 13.0 Å². The van der Waals surface area contributed by atoms with Crippen molar-refractivity contribution in [2.24, 2.45) is 0 Å². The van der Waals surface area contributed by atoms with Crippen LogP contribution >= 0.6 is 0 Å². The van der Waals surface area contributed by atoms with Gasteiger partial charge in [-0.25, -0.2) is 4.98 Å². The molecule has 2 amide bonds. The third-order valence-electron chi connectivity index (χ3n) is 3.96. The van der Waals surface area contributed by atoms with Crippen molar-refractivity contribution in [2.45, 2.75) is 6.92 Å². The number of hydrogen-bond donors (Lipinski definition) is 2. The number of rotatable bonds is 5. The Morgan fingerprint density at radius 1 is 0.889 bits per heavy atom. The lowest BCUT2D eigenvalue weighted by Crippen LogP contribution is -2.15. The number of benzene rings is 2. The summed E-state index contributed by atoms with van der Waals surface area (Å²) < 4.78 is 5.25. The van der Waals surface area contributed by atoms with E-state index in [2.05, 4.69) is 15.6 Å². The number of ether oxygens (including phenoxy) is 1. The van der Waals surface area contributed by atoms with Gasteiger partial charge in [0.05, 0.1) is 7.11 Å². The molecule has 3 rings (SSSR count). The summed E-state index contributed by atoms with van der Waals surface area (Å²) in [6, 6.07) is 17.2. The topological polar surface area (TPSA) is 80.3 Å². The Hall–Kier alpha value is -3.67. The maximum atomic E-state index is 12.5. The Morgan fingerprint density at radius 3 is 2.41 bits per heavy atom. The van der Waals surface area contributed by atoms with Gasteiger partial charge in [0.15, 0.2) is 0 Å². The van der Waals surface area contributed by atoms with E-state index in [0.717, 1.165) is 5.56 Å². The summed E-state index contributed by atoms with van der Waals surface area (Å²) in [4.78, 5) is 28.9. The van der Waals surface area contributed by atoms with E-state index in [1.165, 1.54) is 0 Å². The minimum Gasteiger partial charge on any atom is -0.496 e. The van der Waals surface area contributed by atoms with Crippen molar-refractivity contribution >= 4 is 23.3 Å². The number of nitrogens with one attached hydrogen (secondary N) is 2. The van der Waals surface area contributed by atoms with Crippen LogP contribution < -0.4 is 15.4 Å². The molecule has 3 aromatic rings. The fourth-order valence-electron chi connectivity index (χ4n) is 2.53. The van der Waals surface area contributed by atoms with Crippen LogP contribution in [0.5, 0.6) is 5.75 Å². The Bertz CT molecular complexity index is 971. The van der Waals surface area contributed by atoms with Crippen molar-refractivity contribution in [1.82, 2.24) is 4.98 Å². The van der Waals surface area contributed by atoms with Crippen LogP contribution in [0.1, 0.15) is 26.3 Å². The molecule has 0 fully saturated rings. The van der Waals surface area contributed by atoms with Crippen LogP contribution in [-0.2, 0) is 0 Å². The van der Waals surface area contributed by atoms with E-state index in [4.69, 9.17) is 4.74 Å². The zero-order valence-electron chi connectivity index (χ0n) is 15.0. The zero-order valence-corrected chi connectivity index (χ0v) is 15.0. The number of nitrogens with zero attached hydrogens (tertiary/aromatic N) is 1. The van der Waals surface area contributed by atoms with E-state index in [0.29, 0.717) is 28.4 Å². The fourth-order valence-corrected chi connectivity index (χ4v) is 2.53. The predicted molar refractivity (Wildman–Crippen MR) is 104 cm³/mol. The van der Waals surface area contributed by atoms with Crippen LogP contribution in [0.2, 0.25) is 0 Å². The molecule has 0 spiro atoms. The largest absolute Gasteiger partial charge is 0.496 e. The molecule has 0 saturated heterocycles. The molecular weight excluding hydrogens is 342 g/mol. The van der Waals surface area contributed by atoms with Crippen LogP contribution in [0.3, 0.4) is 0 Å². The molecule has 0 saturated carbocycles. The third kappa shape index (κ3) is 4.49. The summed E-state index contributed by atoms with van der Waals surface area (Å²) in [5.41, 5.74) is 2.36. The number of anilines is 2. The lowest BCUT2D eigenvalue weighted by atomic mass is 10.1. The van der Waals surface area contributed by atoms with Gasteiger partial charge in [0.1, 0.15) is 11.6 Å². The Kier molecular flexibility index (Phi) is 5.47. The first-order chi connectivity index (χ1) is 13.1. The summed E-state index contributed by atoms with van der Waals surface area (Å²) in [6.45, 7) is 1.91. The van der Waals surface area contributed by atoms with Crippen molar-refractivity contribution in [3.8, 4) is 5.75 Å². The molecule has 2 aromatic carbocycles. The Balaban J connectivity index is 1.73. The van der Waals surface area contributed by atoms with Crippen molar-refractivity contribution in [2.75, 3.05) is 17.7 Å². The second kappa shape index (κ2) is 8.14. The highest BCUT2D eigenvalue weighted by atomic mass is 16.5. The summed E-state index contributed by atoms with van der Waals surface area (Å²) >= 11 is 0. The molecule has 6 nitrogen and oxygen atoms in total. The number of carbonyl (C=O) groups excluding carboxylic acids is 2. The van der Waals surface area contributed by atoms with Gasteiger partial charge in [-0.15, -0.1) is 0 Å². The summed E-state index contributed by atoms with van der Waals surface area (Å²) in [5.74, 6) is 0.521. The molecule has 0 aliphatic rings. The quantitative estimate of drug-likeness (QED) is 0.722. The van der Waals surface area contributed by atoms with Gasteiger partial charge in [-0.05, 0) is 55.0 Å². The zero-order chi connectivity index (χ0) is 19.2. The molecule has 0 aliphatic carbocycles. The molecule has 1 heterocycles. The lowest BCUT2D eigenvalue weighted by molar-refractivity contribution is 0.101. The van der Waals surface area contributed by atoms with Gasteiger partial charge in [0.25, 0.3) is 11.8 Å². The average Bonchev–Trinajstić information content (AvgIpc) is 2.69. The van der Waals surface area contributed by atoms with Gasteiger partial charge >= 0.3 is 0 Å². The minimum atomic E-state index is -0.304. The number of aromatic nitrogens is 1. The van der Waals surface area contributed by atoms with E-state index in [1.54, 1.807) is 67.9 Å². The number of methoxy groups -OCH3 is 1. The van der Waals surface area contributed by atoms with Crippen molar-refractivity contribution < 1.29 is 14.3 Å². The first kappa shape index (κ1) is 18.1. The summed E-state index contributed by atoms with van der Waals surface area (Å²) in [7, 11) is 1.56.